The molecule has 1 fully saturated rings. The van der Waals surface area contributed by atoms with Crippen molar-refractivity contribution in [2.75, 3.05) is 0 Å². The van der Waals surface area contributed by atoms with E-state index in [0.29, 0.717) is 29.2 Å². The van der Waals surface area contributed by atoms with Gasteiger partial charge in [-0.05, 0) is 36.7 Å². The van der Waals surface area contributed by atoms with Gasteiger partial charge in [-0.3, -0.25) is 5.41 Å². The summed E-state index contributed by atoms with van der Waals surface area (Å²) in [6.45, 7) is 6.73. The van der Waals surface area contributed by atoms with Crippen LogP contribution in [0, 0.1) is 23.2 Å². The normalized spacial score (nSPS) is 26.5. The maximum atomic E-state index is 7.60. The first-order valence-electron chi connectivity index (χ1n) is 7.31. The van der Waals surface area contributed by atoms with E-state index in [0.717, 1.165) is 6.42 Å². The Hall–Kier alpha value is -1.65. The fraction of sp³-hybridized carbons (Fsp3) is 0.667. The minimum absolute atomic E-state index is 0.0279. The predicted molar refractivity (Wildman–Crippen MR) is 78.8 cm³/mol. The molecule has 0 spiro atoms. The van der Waals surface area contributed by atoms with Gasteiger partial charge in [0.25, 0.3) is 0 Å². The van der Waals surface area contributed by atoms with E-state index in [1.165, 1.54) is 19.0 Å². The van der Waals surface area contributed by atoms with Crippen molar-refractivity contribution in [2.24, 2.45) is 23.5 Å². The van der Waals surface area contributed by atoms with Crippen molar-refractivity contribution in [3.8, 4) is 5.88 Å². The molecule has 1 saturated carbocycles. The third-order valence-corrected chi connectivity index (χ3v) is 4.20. The first-order valence-corrected chi connectivity index (χ1v) is 7.31. The summed E-state index contributed by atoms with van der Waals surface area (Å²) in [6.07, 6.45) is 5.12. The molecule has 0 aromatic carbocycles. The third kappa shape index (κ3) is 3.26. The van der Waals surface area contributed by atoms with Crippen molar-refractivity contribution < 1.29 is 4.74 Å². The van der Waals surface area contributed by atoms with Gasteiger partial charge in [-0.15, -0.1) is 5.10 Å². The highest BCUT2D eigenvalue weighted by Crippen LogP contribution is 2.36. The van der Waals surface area contributed by atoms with Gasteiger partial charge >= 0.3 is 0 Å². The van der Waals surface area contributed by atoms with E-state index in [1.54, 1.807) is 6.07 Å². The number of nitrogen functional groups attached to an aromatic ring is 1. The van der Waals surface area contributed by atoms with Gasteiger partial charge in [-0.25, -0.2) is 0 Å². The highest BCUT2D eigenvalue weighted by Gasteiger charge is 2.33. The number of rotatable bonds is 4. The predicted octanol–water partition coefficient (Wildman–Crippen LogP) is 2.60. The number of aromatic nitrogens is 2. The van der Waals surface area contributed by atoms with Crippen molar-refractivity contribution in [1.29, 1.82) is 5.41 Å². The molecule has 5 heteroatoms. The standard InChI is InChI=1S/C15H24N4O/c1-9(2)11-5-4-10(3)8-13(11)20-15-12(14(16)17)6-7-18-19-15/h6-7,9-11,13H,4-5,8H2,1-3H3,(H3,16,17). The number of hydrogen-bond acceptors (Lipinski definition) is 4. The lowest BCUT2D eigenvalue weighted by atomic mass is 9.75. The van der Waals surface area contributed by atoms with Gasteiger partial charge < -0.3 is 10.5 Å². The Bertz CT molecular complexity index is 475. The minimum atomic E-state index is -0.0279. The lowest BCUT2D eigenvalue weighted by Crippen LogP contribution is -2.37. The molecule has 0 aliphatic heterocycles. The molecule has 1 aromatic rings. The van der Waals surface area contributed by atoms with Gasteiger partial charge in [-0.2, -0.15) is 5.10 Å². The monoisotopic (exact) mass is 276 g/mol. The zero-order valence-electron chi connectivity index (χ0n) is 12.5. The van der Waals surface area contributed by atoms with Crippen LogP contribution in [0.5, 0.6) is 5.88 Å². The van der Waals surface area contributed by atoms with Gasteiger partial charge in [0.15, 0.2) is 0 Å². The summed E-state index contributed by atoms with van der Waals surface area (Å²) in [5.41, 5.74) is 6.11. The van der Waals surface area contributed by atoms with Crippen LogP contribution in [0.3, 0.4) is 0 Å². The van der Waals surface area contributed by atoms with Crippen LogP contribution in [0.1, 0.15) is 45.6 Å². The molecule has 1 aliphatic rings. The second kappa shape index (κ2) is 6.20. The largest absolute Gasteiger partial charge is 0.472 e. The topological polar surface area (TPSA) is 84.9 Å². The Balaban J connectivity index is 2.20. The Labute approximate surface area is 120 Å². The van der Waals surface area contributed by atoms with Crippen LogP contribution in [0.15, 0.2) is 12.3 Å². The van der Waals surface area contributed by atoms with Gasteiger partial charge in [0.2, 0.25) is 5.88 Å². The molecule has 110 valence electrons. The quantitative estimate of drug-likeness (QED) is 0.654. The highest BCUT2D eigenvalue weighted by atomic mass is 16.5. The number of nitrogens with zero attached hydrogens (tertiary/aromatic N) is 2. The molecule has 2 rings (SSSR count). The molecule has 3 N–H and O–H groups in total. The van der Waals surface area contributed by atoms with E-state index in [-0.39, 0.29) is 11.9 Å². The lowest BCUT2D eigenvalue weighted by molar-refractivity contribution is 0.0417. The Kier molecular flexibility index (Phi) is 4.57. The molecule has 3 unspecified atom stereocenters. The van der Waals surface area contributed by atoms with E-state index in [1.807, 2.05) is 0 Å². The van der Waals surface area contributed by atoms with Gasteiger partial charge in [0.05, 0.1) is 11.8 Å². The first kappa shape index (κ1) is 14.8. The van der Waals surface area contributed by atoms with Crippen LogP contribution in [0.25, 0.3) is 0 Å². The second-order valence-electron chi connectivity index (χ2n) is 6.15. The van der Waals surface area contributed by atoms with E-state index in [4.69, 9.17) is 15.9 Å². The van der Waals surface area contributed by atoms with Crippen LogP contribution in [0.4, 0.5) is 0 Å². The molecule has 5 nitrogen and oxygen atoms in total. The summed E-state index contributed by atoms with van der Waals surface area (Å²) in [5, 5.41) is 15.5. The van der Waals surface area contributed by atoms with Crippen molar-refractivity contribution >= 4 is 5.84 Å². The molecule has 20 heavy (non-hydrogen) atoms. The number of nitrogens with two attached hydrogens (primary N) is 1. The molecule has 1 aromatic heterocycles. The van der Waals surface area contributed by atoms with E-state index >= 15 is 0 Å². The van der Waals surface area contributed by atoms with E-state index in [2.05, 4.69) is 31.0 Å². The Morgan fingerprint density at radius 1 is 1.45 bits per heavy atom. The molecule has 1 heterocycles. The highest BCUT2D eigenvalue weighted by molar-refractivity contribution is 5.96. The number of amidine groups is 1. The first-order chi connectivity index (χ1) is 9.49. The summed E-state index contributed by atoms with van der Waals surface area (Å²) in [7, 11) is 0. The average Bonchev–Trinajstić information content (AvgIpc) is 2.38. The summed E-state index contributed by atoms with van der Waals surface area (Å²) < 4.78 is 6.10. The SMILES string of the molecule is CC1CCC(C(C)C)C(Oc2nnccc2C(=N)N)C1. The molecule has 0 amide bonds. The lowest BCUT2D eigenvalue weighted by Gasteiger charge is -2.37. The fourth-order valence-corrected chi connectivity index (χ4v) is 3.00. The van der Waals surface area contributed by atoms with Crippen molar-refractivity contribution in [2.45, 2.75) is 46.1 Å². The molecule has 1 aliphatic carbocycles. The van der Waals surface area contributed by atoms with Gasteiger partial charge in [0, 0.05) is 0 Å². The third-order valence-electron chi connectivity index (χ3n) is 4.20. The number of hydrogen-bond donors (Lipinski definition) is 2. The van der Waals surface area contributed by atoms with Crippen LogP contribution in [0.2, 0.25) is 0 Å². The van der Waals surface area contributed by atoms with Gasteiger partial charge in [0.1, 0.15) is 11.9 Å². The molecule has 0 radical (unpaired) electrons. The smallest absolute Gasteiger partial charge is 0.244 e. The van der Waals surface area contributed by atoms with E-state index in [9.17, 15) is 0 Å². The van der Waals surface area contributed by atoms with Crippen molar-refractivity contribution in [3.63, 3.8) is 0 Å². The van der Waals surface area contributed by atoms with E-state index < -0.39 is 0 Å². The van der Waals surface area contributed by atoms with Crippen molar-refractivity contribution in [1.82, 2.24) is 10.2 Å². The molecule has 0 saturated heterocycles. The molecular weight excluding hydrogens is 252 g/mol. The summed E-state index contributed by atoms with van der Waals surface area (Å²) in [4.78, 5) is 0. The minimum Gasteiger partial charge on any atom is -0.472 e. The second-order valence-corrected chi connectivity index (χ2v) is 6.15. The summed E-state index contributed by atoms with van der Waals surface area (Å²) >= 11 is 0. The van der Waals surface area contributed by atoms with Crippen LogP contribution in [-0.2, 0) is 0 Å². The maximum Gasteiger partial charge on any atom is 0.244 e. The number of nitrogens with one attached hydrogen (secondary N) is 1. The molecule has 0 bridgehead atoms. The van der Waals surface area contributed by atoms with Crippen LogP contribution >= 0.6 is 0 Å². The molecular formula is C15H24N4O. The van der Waals surface area contributed by atoms with Gasteiger partial charge in [-0.1, -0.05) is 27.2 Å². The summed E-state index contributed by atoms with van der Waals surface area (Å²) in [6, 6.07) is 1.68. The summed E-state index contributed by atoms with van der Waals surface area (Å²) in [5.74, 6) is 2.12. The zero-order chi connectivity index (χ0) is 14.7. The van der Waals surface area contributed by atoms with Crippen LogP contribution in [-0.4, -0.2) is 22.1 Å². The van der Waals surface area contributed by atoms with Crippen molar-refractivity contribution in [3.05, 3.63) is 17.8 Å². The fourth-order valence-electron chi connectivity index (χ4n) is 3.00. The Morgan fingerprint density at radius 3 is 2.85 bits per heavy atom. The molecule has 3 atom stereocenters. The number of ether oxygens (including phenoxy) is 1. The van der Waals surface area contributed by atoms with Crippen LogP contribution < -0.4 is 10.5 Å². The zero-order valence-corrected chi connectivity index (χ0v) is 12.5. The maximum absolute atomic E-state index is 7.60. The average molecular weight is 276 g/mol. The Morgan fingerprint density at radius 2 is 2.20 bits per heavy atom.